The molecule has 0 aromatic heterocycles. The highest BCUT2D eigenvalue weighted by molar-refractivity contribution is 5.76. The number of ether oxygens (including phenoxy) is 1. The van der Waals surface area contributed by atoms with Crippen molar-refractivity contribution in [3.05, 3.63) is 24.3 Å². The molecule has 0 spiro atoms. The molecule has 0 saturated heterocycles. The Bertz CT molecular complexity index is 367. The SMILES string of the molecule is CN(C)c1cccc(OCCNC(=O)CO)c1. The Labute approximate surface area is 101 Å². The first-order valence-corrected chi connectivity index (χ1v) is 5.41. The smallest absolute Gasteiger partial charge is 0.245 e. The Morgan fingerprint density at radius 3 is 2.88 bits per heavy atom. The summed E-state index contributed by atoms with van der Waals surface area (Å²) in [5, 5.41) is 11.0. The van der Waals surface area contributed by atoms with Crippen molar-refractivity contribution in [2.24, 2.45) is 0 Å². The maximum Gasteiger partial charge on any atom is 0.245 e. The number of nitrogens with one attached hydrogen (secondary N) is 1. The van der Waals surface area contributed by atoms with Gasteiger partial charge in [-0.1, -0.05) is 6.07 Å². The maximum atomic E-state index is 10.7. The molecule has 1 amide bonds. The van der Waals surface area contributed by atoms with E-state index in [0.717, 1.165) is 11.4 Å². The third-order valence-electron chi connectivity index (χ3n) is 2.17. The zero-order valence-corrected chi connectivity index (χ0v) is 10.1. The number of carbonyl (C=O) groups excluding carboxylic acids is 1. The summed E-state index contributed by atoms with van der Waals surface area (Å²) in [4.78, 5) is 12.7. The third-order valence-corrected chi connectivity index (χ3v) is 2.17. The van der Waals surface area contributed by atoms with Crippen LogP contribution in [0.5, 0.6) is 5.75 Å². The molecule has 0 aliphatic carbocycles. The molecule has 0 saturated carbocycles. The van der Waals surface area contributed by atoms with Crippen molar-refractivity contribution >= 4 is 11.6 Å². The molecule has 0 heterocycles. The van der Waals surface area contributed by atoms with Crippen molar-refractivity contribution in [1.29, 1.82) is 0 Å². The highest BCUT2D eigenvalue weighted by Crippen LogP contribution is 2.18. The molecule has 2 N–H and O–H groups in total. The lowest BCUT2D eigenvalue weighted by molar-refractivity contribution is -0.123. The maximum absolute atomic E-state index is 10.7. The Balaban J connectivity index is 2.36. The van der Waals surface area contributed by atoms with Gasteiger partial charge in [0.2, 0.25) is 5.91 Å². The van der Waals surface area contributed by atoms with Crippen LogP contribution in [0, 0.1) is 0 Å². The minimum Gasteiger partial charge on any atom is -0.492 e. The van der Waals surface area contributed by atoms with Crippen LogP contribution in [0.2, 0.25) is 0 Å². The van der Waals surface area contributed by atoms with Gasteiger partial charge in [0.05, 0.1) is 6.54 Å². The molecule has 5 nitrogen and oxygen atoms in total. The minimum absolute atomic E-state index is 0.378. The Kier molecular flexibility index (Phi) is 5.29. The molecule has 0 aliphatic heterocycles. The molecule has 0 aliphatic rings. The van der Waals surface area contributed by atoms with Crippen LogP contribution in [0.3, 0.4) is 0 Å². The van der Waals surface area contributed by atoms with Crippen LogP contribution in [0.15, 0.2) is 24.3 Å². The van der Waals surface area contributed by atoms with Crippen LogP contribution in [0.25, 0.3) is 0 Å². The lowest BCUT2D eigenvalue weighted by atomic mass is 10.3. The fourth-order valence-electron chi connectivity index (χ4n) is 1.27. The van der Waals surface area contributed by atoms with Gasteiger partial charge in [0, 0.05) is 25.8 Å². The summed E-state index contributed by atoms with van der Waals surface area (Å²) >= 11 is 0. The average molecular weight is 238 g/mol. The van der Waals surface area contributed by atoms with E-state index in [1.54, 1.807) is 0 Å². The van der Waals surface area contributed by atoms with Crippen LogP contribution >= 0.6 is 0 Å². The first-order chi connectivity index (χ1) is 8.13. The van der Waals surface area contributed by atoms with E-state index in [0.29, 0.717) is 13.2 Å². The van der Waals surface area contributed by atoms with Crippen LogP contribution < -0.4 is 15.0 Å². The zero-order valence-electron chi connectivity index (χ0n) is 10.1. The van der Waals surface area contributed by atoms with Crippen molar-refractivity contribution in [2.45, 2.75) is 0 Å². The van der Waals surface area contributed by atoms with Crippen molar-refractivity contribution in [3.63, 3.8) is 0 Å². The van der Waals surface area contributed by atoms with Gasteiger partial charge in [-0.05, 0) is 12.1 Å². The number of rotatable bonds is 6. The normalized spacial score (nSPS) is 9.82. The van der Waals surface area contributed by atoms with Crippen molar-refractivity contribution in [3.8, 4) is 5.75 Å². The van der Waals surface area contributed by atoms with E-state index >= 15 is 0 Å². The van der Waals surface area contributed by atoms with Gasteiger partial charge in [-0.25, -0.2) is 0 Å². The first kappa shape index (κ1) is 13.3. The van der Waals surface area contributed by atoms with Crippen LogP contribution in [-0.4, -0.2) is 44.9 Å². The van der Waals surface area contributed by atoms with Gasteiger partial charge in [0.15, 0.2) is 0 Å². The molecule has 0 bridgehead atoms. The molecule has 94 valence electrons. The van der Waals surface area contributed by atoms with E-state index in [2.05, 4.69) is 5.32 Å². The predicted octanol–water partition coefficient (Wildman–Crippen LogP) is 0.240. The van der Waals surface area contributed by atoms with Gasteiger partial charge in [0.25, 0.3) is 0 Å². The first-order valence-electron chi connectivity index (χ1n) is 5.41. The van der Waals surface area contributed by atoms with Crippen LogP contribution in [-0.2, 0) is 4.79 Å². The summed E-state index contributed by atoms with van der Waals surface area (Å²) in [7, 11) is 3.92. The zero-order chi connectivity index (χ0) is 12.7. The molecule has 0 atom stereocenters. The molecule has 1 aromatic carbocycles. The average Bonchev–Trinajstić information content (AvgIpc) is 2.34. The Morgan fingerprint density at radius 2 is 2.24 bits per heavy atom. The monoisotopic (exact) mass is 238 g/mol. The van der Waals surface area contributed by atoms with Crippen molar-refractivity contribution in [2.75, 3.05) is 38.8 Å². The molecule has 0 fully saturated rings. The van der Waals surface area contributed by atoms with Gasteiger partial charge in [-0.2, -0.15) is 0 Å². The second-order valence-corrected chi connectivity index (χ2v) is 3.75. The molecule has 0 unspecified atom stereocenters. The largest absolute Gasteiger partial charge is 0.492 e. The fourth-order valence-corrected chi connectivity index (χ4v) is 1.27. The highest BCUT2D eigenvalue weighted by Gasteiger charge is 1.99. The summed E-state index contributed by atoms with van der Waals surface area (Å²) < 4.78 is 5.47. The third kappa shape index (κ3) is 4.74. The number of amides is 1. The number of carbonyl (C=O) groups is 1. The Hall–Kier alpha value is -1.75. The number of hydrogen-bond acceptors (Lipinski definition) is 4. The van der Waals surface area contributed by atoms with Crippen molar-refractivity contribution in [1.82, 2.24) is 5.32 Å². The van der Waals surface area contributed by atoms with E-state index in [9.17, 15) is 4.79 Å². The number of hydrogen-bond donors (Lipinski definition) is 2. The van der Waals surface area contributed by atoms with Crippen LogP contribution in [0.1, 0.15) is 0 Å². The quantitative estimate of drug-likeness (QED) is 0.697. The highest BCUT2D eigenvalue weighted by atomic mass is 16.5. The fraction of sp³-hybridized carbons (Fsp3) is 0.417. The number of benzene rings is 1. The summed E-state index contributed by atoms with van der Waals surface area (Å²) in [6, 6.07) is 7.69. The molecule has 17 heavy (non-hydrogen) atoms. The van der Waals surface area contributed by atoms with E-state index in [1.807, 2.05) is 43.3 Å². The summed E-state index contributed by atoms with van der Waals surface area (Å²) in [5.41, 5.74) is 1.06. The standard InChI is InChI=1S/C12H18N2O3/c1-14(2)10-4-3-5-11(8-10)17-7-6-13-12(16)9-15/h3-5,8,15H,6-7,9H2,1-2H3,(H,13,16). The number of aliphatic hydroxyl groups excluding tert-OH is 1. The number of anilines is 1. The lowest BCUT2D eigenvalue weighted by Crippen LogP contribution is -2.30. The molecule has 0 radical (unpaired) electrons. The van der Waals surface area contributed by atoms with E-state index < -0.39 is 12.5 Å². The van der Waals surface area contributed by atoms with Gasteiger partial charge >= 0.3 is 0 Å². The van der Waals surface area contributed by atoms with Gasteiger partial charge in [-0.15, -0.1) is 0 Å². The van der Waals surface area contributed by atoms with E-state index in [1.165, 1.54) is 0 Å². The second kappa shape index (κ2) is 6.75. The molecule has 1 aromatic rings. The van der Waals surface area contributed by atoms with Gasteiger partial charge in [0.1, 0.15) is 19.0 Å². The molecular formula is C12H18N2O3. The van der Waals surface area contributed by atoms with Gasteiger partial charge < -0.3 is 20.1 Å². The summed E-state index contributed by atoms with van der Waals surface area (Å²) in [6.07, 6.45) is 0. The predicted molar refractivity (Wildman–Crippen MR) is 66.4 cm³/mol. The topological polar surface area (TPSA) is 61.8 Å². The summed E-state index contributed by atoms with van der Waals surface area (Å²) in [6.45, 7) is 0.268. The number of aliphatic hydroxyl groups is 1. The molecule has 5 heteroatoms. The summed E-state index contributed by atoms with van der Waals surface area (Å²) in [5.74, 6) is 0.366. The van der Waals surface area contributed by atoms with E-state index in [4.69, 9.17) is 9.84 Å². The van der Waals surface area contributed by atoms with Gasteiger partial charge in [-0.3, -0.25) is 4.79 Å². The number of nitrogens with zero attached hydrogens (tertiary/aromatic N) is 1. The lowest BCUT2D eigenvalue weighted by Gasteiger charge is -2.14. The molecular weight excluding hydrogens is 220 g/mol. The minimum atomic E-state index is -0.490. The van der Waals surface area contributed by atoms with Crippen LogP contribution in [0.4, 0.5) is 5.69 Å². The molecule has 1 rings (SSSR count). The second-order valence-electron chi connectivity index (χ2n) is 3.75. The Morgan fingerprint density at radius 1 is 1.47 bits per heavy atom. The van der Waals surface area contributed by atoms with Crippen molar-refractivity contribution < 1.29 is 14.6 Å². The van der Waals surface area contributed by atoms with E-state index in [-0.39, 0.29) is 0 Å².